The largest absolute Gasteiger partial charge is 0.507 e. The van der Waals surface area contributed by atoms with Crippen LogP contribution in [0.15, 0.2) is 65.7 Å². The molecule has 0 radical (unpaired) electrons. The summed E-state index contributed by atoms with van der Waals surface area (Å²) in [4.78, 5) is 29.4. The Hall–Kier alpha value is -3.16. The van der Waals surface area contributed by atoms with E-state index in [1.807, 2.05) is 42.5 Å². The number of phenols is 1. The Morgan fingerprint density at radius 1 is 1.00 bits per heavy atom. The Balaban J connectivity index is 1.31. The first-order valence-electron chi connectivity index (χ1n) is 15.9. The zero-order valence-electron chi connectivity index (χ0n) is 24.6. The Labute approximate surface area is 249 Å². The molecule has 0 bridgehead atoms. The number of aromatic hydroxyl groups is 1. The molecular formula is C35H42BNO5. The summed E-state index contributed by atoms with van der Waals surface area (Å²) < 4.78 is 6.26. The summed E-state index contributed by atoms with van der Waals surface area (Å²) in [5.41, 5.74) is 5.30. The highest BCUT2D eigenvalue weighted by atomic mass is 16.5. The molecule has 1 saturated carbocycles. The fourth-order valence-corrected chi connectivity index (χ4v) is 8.06. The molecule has 220 valence electrons. The molecule has 2 heterocycles. The summed E-state index contributed by atoms with van der Waals surface area (Å²) in [6.07, 6.45) is 10.9. The fraction of sp³-hybridized carbons (Fsp3) is 0.486. The van der Waals surface area contributed by atoms with E-state index in [4.69, 9.17) is 4.65 Å². The second-order valence-electron chi connectivity index (χ2n) is 12.5. The van der Waals surface area contributed by atoms with Gasteiger partial charge in [0.15, 0.2) is 0 Å². The molecule has 3 fully saturated rings. The molecule has 2 amide bonds. The Bertz CT molecular complexity index is 1360. The van der Waals surface area contributed by atoms with Crippen LogP contribution in [0.4, 0.5) is 0 Å². The van der Waals surface area contributed by atoms with E-state index < -0.39 is 13.0 Å². The number of fused-ring (bicyclic) bond motifs is 3. The van der Waals surface area contributed by atoms with Gasteiger partial charge in [-0.05, 0) is 79.6 Å². The average Bonchev–Trinajstić information content (AvgIpc) is 3.26. The molecule has 2 aliphatic carbocycles. The number of benzene rings is 2. The lowest BCUT2D eigenvalue weighted by molar-refractivity contribution is -0.143. The normalized spacial score (nSPS) is 27.0. The van der Waals surface area contributed by atoms with Crippen molar-refractivity contribution in [3.05, 3.63) is 76.9 Å². The minimum Gasteiger partial charge on any atom is -0.507 e. The molecule has 2 N–H and O–H groups in total. The van der Waals surface area contributed by atoms with E-state index in [2.05, 4.69) is 19.1 Å². The first kappa shape index (κ1) is 28.9. The number of rotatable bonds is 8. The summed E-state index contributed by atoms with van der Waals surface area (Å²) in [5.74, 6) is -0.672. The van der Waals surface area contributed by atoms with Crippen LogP contribution in [0.3, 0.4) is 0 Å². The second-order valence-corrected chi connectivity index (χ2v) is 12.5. The van der Waals surface area contributed by atoms with Gasteiger partial charge in [0, 0.05) is 11.6 Å². The number of allylic oxidation sites excluding steroid dienone is 2. The maximum Gasteiger partial charge on any atom is 0.455 e. The maximum absolute atomic E-state index is 14.0. The first-order valence-corrected chi connectivity index (χ1v) is 15.9. The highest BCUT2D eigenvalue weighted by molar-refractivity contribution is 6.43. The summed E-state index contributed by atoms with van der Waals surface area (Å²) in [6.45, 7) is 2.15. The number of hydrogen-bond acceptors (Lipinski definition) is 5. The molecule has 0 aromatic heterocycles. The SMILES string of the molecule is CCCC1=C2[C@@H](CC/C(=C/c3ccccc3O)c3ccccc3)OB(O)C[C@@H]2[C@@H]2C(=O)N(C3CCCCC3)C(=O)[C@@H]2C1. The van der Waals surface area contributed by atoms with Gasteiger partial charge in [-0.25, -0.2) is 0 Å². The van der Waals surface area contributed by atoms with Crippen molar-refractivity contribution in [2.45, 2.75) is 89.6 Å². The third-order valence-corrected chi connectivity index (χ3v) is 9.92. The lowest BCUT2D eigenvalue weighted by Crippen LogP contribution is -2.46. The topological polar surface area (TPSA) is 87.1 Å². The molecular weight excluding hydrogens is 525 g/mol. The minimum absolute atomic E-state index is 0.0130. The van der Waals surface area contributed by atoms with Gasteiger partial charge in [-0.15, -0.1) is 0 Å². The van der Waals surface area contributed by atoms with E-state index in [0.717, 1.165) is 60.8 Å². The summed E-state index contributed by atoms with van der Waals surface area (Å²) in [6, 6.07) is 17.5. The van der Waals surface area contributed by atoms with E-state index in [1.54, 1.807) is 11.0 Å². The monoisotopic (exact) mass is 567 g/mol. The zero-order chi connectivity index (χ0) is 29.2. The predicted molar refractivity (Wildman–Crippen MR) is 165 cm³/mol. The van der Waals surface area contributed by atoms with Gasteiger partial charge in [-0.1, -0.05) is 86.7 Å². The van der Waals surface area contributed by atoms with Crippen LogP contribution in [0.5, 0.6) is 5.75 Å². The molecule has 7 heteroatoms. The lowest BCUT2D eigenvalue weighted by atomic mass is 9.58. The van der Waals surface area contributed by atoms with Crippen LogP contribution in [-0.2, 0) is 14.2 Å². The minimum atomic E-state index is -0.973. The molecule has 6 nitrogen and oxygen atoms in total. The van der Waals surface area contributed by atoms with E-state index >= 15 is 0 Å². The number of amides is 2. The predicted octanol–water partition coefficient (Wildman–Crippen LogP) is 6.64. The van der Waals surface area contributed by atoms with Crippen molar-refractivity contribution in [2.24, 2.45) is 17.8 Å². The number of hydrogen-bond donors (Lipinski definition) is 2. The van der Waals surface area contributed by atoms with Crippen LogP contribution in [0.25, 0.3) is 11.6 Å². The molecule has 2 aromatic rings. The van der Waals surface area contributed by atoms with E-state index in [-0.39, 0.29) is 41.5 Å². The molecule has 4 aliphatic rings. The van der Waals surface area contributed by atoms with Crippen LogP contribution < -0.4 is 0 Å². The molecule has 0 unspecified atom stereocenters. The third kappa shape index (κ3) is 5.61. The smallest absolute Gasteiger partial charge is 0.455 e. The Morgan fingerprint density at radius 2 is 1.74 bits per heavy atom. The van der Waals surface area contributed by atoms with Gasteiger partial charge in [-0.2, -0.15) is 0 Å². The van der Waals surface area contributed by atoms with Crippen LogP contribution in [0, 0.1) is 17.8 Å². The zero-order valence-corrected chi connectivity index (χ0v) is 24.6. The van der Waals surface area contributed by atoms with Crippen molar-refractivity contribution in [1.29, 1.82) is 0 Å². The summed E-state index contributed by atoms with van der Waals surface area (Å²) in [7, 11) is -0.973. The second kappa shape index (κ2) is 12.6. The van der Waals surface area contributed by atoms with Crippen molar-refractivity contribution >= 4 is 30.6 Å². The third-order valence-electron chi connectivity index (χ3n) is 9.92. The van der Waals surface area contributed by atoms with Crippen molar-refractivity contribution in [3.8, 4) is 5.75 Å². The highest BCUT2D eigenvalue weighted by Crippen LogP contribution is 2.52. The number of likely N-dealkylation sites (tertiary alicyclic amines) is 1. The van der Waals surface area contributed by atoms with Gasteiger partial charge in [0.2, 0.25) is 11.8 Å². The maximum atomic E-state index is 14.0. The number of imide groups is 1. The van der Waals surface area contributed by atoms with Gasteiger partial charge in [0.25, 0.3) is 0 Å². The van der Waals surface area contributed by atoms with Crippen LogP contribution in [0.2, 0.25) is 6.32 Å². The van der Waals surface area contributed by atoms with E-state index in [1.165, 1.54) is 12.0 Å². The van der Waals surface area contributed by atoms with Crippen molar-refractivity contribution in [3.63, 3.8) is 0 Å². The molecule has 6 rings (SSSR count). The van der Waals surface area contributed by atoms with Crippen LogP contribution in [-0.4, -0.2) is 46.1 Å². The number of para-hydroxylation sites is 1. The molecule has 2 aromatic carbocycles. The standard InChI is InChI=1S/C35H42BNO5/c1-2-11-26-21-28-33(35(40)37(34(28)39)27-15-7-4-8-16-27)29-22-36(41)42-31(32(26)29)19-18-24(23-12-5-3-6-13-23)20-25-14-9-10-17-30(25)38/h3,5-6,9-10,12-14,17,20,27-29,31,33,38,41H,2,4,7-8,11,15-16,18-19,21-22H2,1H3/b24-20-/t28-,29+,31-,33-/m1/s1. The van der Waals surface area contributed by atoms with Crippen molar-refractivity contribution in [1.82, 2.24) is 4.90 Å². The molecule has 0 spiro atoms. The van der Waals surface area contributed by atoms with E-state index in [0.29, 0.717) is 25.6 Å². The quantitative estimate of drug-likeness (QED) is 0.162. The molecule has 2 saturated heterocycles. The fourth-order valence-electron chi connectivity index (χ4n) is 8.06. The lowest BCUT2D eigenvalue weighted by Gasteiger charge is -2.43. The van der Waals surface area contributed by atoms with Gasteiger partial charge in [0.05, 0.1) is 17.9 Å². The van der Waals surface area contributed by atoms with Crippen molar-refractivity contribution < 1.29 is 24.4 Å². The van der Waals surface area contributed by atoms with Gasteiger partial charge >= 0.3 is 7.12 Å². The number of carbonyl (C=O) groups excluding carboxylic acids is 2. The van der Waals surface area contributed by atoms with E-state index in [9.17, 15) is 19.7 Å². The molecule has 4 atom stereocenters. The Morgan fingerprint density at radius 3 is 2.48 bits per heavy atom. The summed E-state index contributed by atoms with van der Waals surface area (Å²) in [5, 5.41) is 21.5. The average molecular weight is 568 g/mol. The van der Waals surface area contributed by atoms with Gasteiger partial charge < -0.3 is 14.8 Å². The number of carbonyl (C=O) groups is 2. The molecule has 42 heavy (non-hydrogen) atoms. The number of phenolic OH excluding ortho intramolecular Hbond substituents is 1. The van der Waals surface area contributed by atoms with Gasteiger partial charge in [0.1, 0.15) is 5.75 Å². The van der Waals surface area contributed by atoms with Gasteiger partial charge in [-0.3, -0.25) is 14.5 Å². The van der Waals surface area contributed by atoms with Crippen LogP contribution >= 0.6 is 0 Å². The first-order chi connectivity index (χ1) is 20.5. The highest BCUT2D eigenvalue weighted by Gasteiger charge is 2.58. The summed E-state index contributed by atoms with van der Waals surface area (Å²) >= 11 is 0. The van der Waals surface area contributed by atoms with Crippen molar-refractivity contribution in [2.75, 3.05) is 0 Å². The molecule has 2 aliphatic heterocycles. The number of nitrogens with zero attached hydrogens (tertiary/aromatic N) is 1. The Kier molecular flexibility index (Phi) is 8.69. The van der Waals surface area contributed by atoms with Crippen LogP contribution in [0.1, 0.15) is 82.3 Å².